The van der Waals surface area contributed by atoms with E-state index in [4.69, 9.17) is 20.2 Å². The average Bonchev–Trinajstić information content (AvgIpc) is 3.31. The van der Waals surface area contributed by atoms with Crippen LogP contribution in [0, 0.1) is 12.8 Å². The molecule has 0 amide bonds. The van der Waals surface area contributed by atoms with Gasteiger partial charge in [0.25, 0.3) is 6.02 Å². The van der Waals surface area contributed by atoms with Gasteiger partial charge in [-0.1, -0.05) is 24.3 Å². The molecule has 0 spiro atoms. The minimum atomic E-state index is -0.611. The van der Waals surface area contributed by atoms with Crippen molar-refractivity contribution >= 4 is 23.2 Å². The minimum Gasteiger partial charge on any atom is -0.463 e. The largest absolute Gasteiger partial charge is 0.463 e. The van der Waals surface area contributed by atoms with Gasteiger partial charge in [0.05, 0.1) is 12.3 Å². The number of nitrogens with one attached hydrogen (secondary N) is 1. The molecule has 2 aromatic rings. The summed E-state index contributed by atoms with van der Waals surface area (Å²) < 4.78 is 11.6. The molecule has 0 radical (unpaired) electrons. The van der Waals surface area contributed by atoms with E-state index in [1.54, 1.807) is 6.92 Å². The van der Waals surface area contributed by atoms with Crippen molar-refractivity contribution in [3.63, 3.8) is 0 Å². The highest BCUT2D eigenvalue weighted by atomic mass is 16.5. The van der Waals surface area contributed by atoms with Gasteiger partial charge in [-0.3, -0.25) is 0 Å². The van der Waals surface area contributed by atoms with Crippen molar-refractivity contribution in [2.75, 3.05) is 25.4 Å². The molecule has 3 aliphatic rings. The van der Waals surface area contributed by atoms with Crippen LogP contribution in [0.2, 0.25) is 0 Å². The van der Waals surface area contributed by atoms with Crippen LogP contribution < -0.4 is 15.8 Å². The molecule has 0 bridgehead atoms. The average molecular weight is 449 g/mol. The highest BCUT2D eigenvalue weighted by Gasteiger charge is 2.35. The molecular formula is C25H32N6O2. The van der Waals surface area contributed by atoms with E-state index < -0.39 is 5.60 Å². The molecule has 3 N–H and O–H groups in total. The number of fused-ring (bicyclic) bond motifs is 1. The second kappa shape index (κ2) is 8.65. The molecule has 1 saturated carbocycles. The molecule has 3 heterocycles. The van der Waals surface area contributed by atoms with Crippen molar-refractivity contribution < 1.29 is 9.47 Å². The predicted molar refractivity (Wildman–Crippen MR) is 129 cm³/mol. The lowest BCUT2D eigenvalue weighted by molar-refractivity contribution is 0.171. The Labute approximate surface area is 194 Å². The Hall–Kier alpha value is -3.16. The summed E-state index contributed by atoms with van der Waals surface area (Å²) in [6.07, 6.45) is 4.84. The van der Waals surface area contributed by atoms with Gasteiger partial charge in [-0.05, 0) is 63.9 Å². The Bertz CT molecular complexity index is 1080. The number of rotatable bonds is 4. The highest BCUT2D eigenvalue weighted by Crippen LogP contribution is 2.40. The third-order valence-corrected chi connectivity index (χ3v) is 6.77. The Morgan fingerprint density at radius 3 is 2.55 bits per heavy atom. The van der Waals surface area contributed by atoms with E-state index in [0.29, 0.717) is 41.7 Å². The van der Waals surface area contributed by atoms with Crippen LogP contribution in [0.25, 0.3) is 0 Å². The lowest BCUT2D eigenvalue weighted by Crippen LogP contribution is -2.41. The second-order valence-electron chi connectivity index (χ2n) is 9.64. The number of aromatic nitrogens is 2. The molecule has 1 aliphatic carbocycles. The van der Waals surface area contributed by atoms with Crippen LogP contribution in [0.5, 0.6) is 5.88 Å². The molecule has 8 heteroatoms. The molecular weight excluding hydrogens is 416 g/mol. The van der Waals surface area contributed by atoms with E-state index in [2.05, 4.69) is 44.5 Å². The number of benzene rings is 1. The molecule has 8 nitrogen and oxygen atoms in total. The summed E-state index contributed by atoms with van der Waals surface area (Å²) in [5.41, 5.74) is 9.27. The number of amidine groups is 1. The summed E-state index contributed by atoms with van der Waals surface area (Å²) in [6.45, 7) is 8.24. The van der Waals surface area contributed by atoms with Crippen molar-refractivity contribution in [2.45, 2.75) is 58.0 Å². The maximum atomic E-state index is 6.18. The third kappa shape index (κ3) is 4.51. The molecule has 5 rings (SSSR count). The molecule has 2 aliphatic heterocycles. The monoisotopic (exact) mass is 448 g/mol. The summed E-state index contributed by atoms with van der Waals surface area (Å²) in [5.74, 6) is 2.65. The fourth-order valence-corrected chi connectivity index (χ4v) is 4.97. The normalized spacial score (nSPS) is 23.6. The van der Waals surface area contributed by atoms with E-state index in [1.165, 1.54) is 31.2 Å². The number of nitrogens with zero attached hydrogens (tertiary/aromatic N) is 4. The van der Waals surface area contributed by atoms with Gasteiger partial charge in [-0.25, -0.2) is 15.0 Å². The van der Waals surface area contributed by atoms with E-state index in [-0.39, 0.29) is 0 Å². The molecule has 0 atom stereocenters. The number of hydrogen-bond donors (Lipinski definition) is 2. The van der Waals surface area contributed by atoms with Crippen molar-refractivity contribution in [1.29, 1.82) is 0 Å². The second-order valence-corrected chi connectivity index (χ2v) is 9.64. The van der Waals surface area contributed by atoms with Gasteiger partial charge in [0.15, 0.2) is 11.5 Å². The first-order valence-corrected chi connectivity index (χ1v) is 11.8. The smallest absolute Gasteiger partial charge is 0.284 e. The first-order valence-electron chi connectivity index (χ1n) is 11.8. The lowest BCUT2D eigenvalue weighted by Gasteiger charge is -2.32. The molecule has 1 aromatic heterocycles. The zero-order valence-electron chi connectivity index (χ0n) is 19.6. The van der Waals surface area contributed by atoms with Crippen LogP contribution in [-0.4, -0.2) is 47.0 Å². The lowest BCUT2D eigenvalue weighted by atomic mass is 9.78. The van der Waals surface area contributed by atoms with Crippen LogP contribution in [-0.2, 0) is 4.74 Å². The Balaban J connectivity index is 1.26. The number of hydrogen-bond acceptors (Lipinski definition) is 8. The number of ether oxygens (including phenoxy) is 2. The van der Waals surface area contributed by atoms with Gasteiger partial charge in [-0.2, -0.15) is 4.98 Å². The minimum absolute atomic E-state index is 0.347. The molecule has 0 saturated heterocycles. The number of aryl methyl sites for hydroxylation is 1. The molecule has 33 heavy (non-hydrogen) atoms. The van der Waals surface area contributed by atoms with E-state index in [1.807, 2.05) is 13.8 Å². The van der Waals surface area contributed by atoms with Crippen molar-refractivity contribution in [1.82, 2.24) is 15.3 Å². The topological polar surface area (TPSA) is 107 Å². The summed E-state index contributed by atoms with van der Waals surface area (Å²) in [4.78, 5) is 17.8. The number of anilines is 1. The van der Waals surface area contributed by atoms with Crippen LogP contribution in [0.15, 0.2) is 34.3 Å². The predicted octanol–water partition coefficient (Wildman–Crippen LogP) is 3.91. The summed E-state index contributed by atoms with van der Waals surface area (Å²) >= 11 is 0. The zero-order chi connectivity index (χ0) is 23.0. The van der Waals surface area contributed by atoms with Crippen LogP contribution in [0.4, 0.5) is 11.5 Å². The number of aliphatic imine (C=N–C) groups is 2. The fourth-order valence-electron chi connectivity index (χ4n) is 4.97. The van der Waals surface area contributed by atoms with Gasteiger partial charge < -0.3 is 20.5 Å². The SMILES string of the molecule is Cc1nc(N)c2c(n1)OC(C)(C)C(c1ccc(C3CCC(CNC4=NCCO4)CC3)cc1)=N2. The van der Waals surface area contributed by atoms with Crippen molar-refractivity contribution in [3.8, 4) is 5.88 Å². The van der Waals surface area contributed by atoms with Crippen LogP contribution >= 0.6 is 0 Å². The Kier molecular flexibility index (Phi) is 5.68. The van der Waals surface area contributed by atoms with Gasteiger partial charge >= 0.3 is 0 Å². The molecule has 0 unspecified atom stereocenters. The van der Waals surface area contributed by atoms with E-state index >= 15 is 0 Å². The first-order chi connectivity index (χ1) is 15.9. The summed E-state index contributed by atoms with van der Waals surface area (Å²) in [7, 11) is 0. The standard InChI is InChI=1S/C25H32N6O2/c1-15-29-22(26)20-23(30-15)33-25(2,3)21(31-20)19-10-8-18(9-11-19)17-6-4-16(5-7-17)14-28-24-27-12-13-32-24/h8-11,16-17H,4-7,12-14H2,1-3H3,(H,27,28)(H2,26,29,30). The maximum Gasteiger partial charge on any atom is 0.284 e. The summed E-state index contributed by atoms with van der Waals surface area (Å²) in [5, 5.41) is 3.36. The molecule has 1 aromatic carbocycles. The zero-order valence-corrected chi connectivity index (χ0v) is 19.6. The van der Waals surface area contributed by atoms with Gasteiger partial charge in [-0.15, -0.1) is 0 Å². The third-order valence-electron chi connectivity index (χ3n) is 6.77. The van der Waals surface area contributed by atoms with Crippen molar-refractivity contribution in [2.24, 2.45) is 15.9 Å². The van der Waals surface area contributed by atoms with Crippen molar-refractivity contribution in [3.05, 3.63) is 41.2 Å². The Morgan fingerprint density at radius 1 is 1.09 bits per heavy atom. The number of nitrogen functional groups attached to an aromatic ring is 1. The first kappa shape index (κ1) is 21.7. The van der Waals surface area contributed by atoms with E-state index in [0.717, 1.165) is 30.4 Å². The maximum absolute atomic E-state index is 6.18. The number of nitrogens with two attached hydrogens (primary N) is 1. The van der Waals surface area contributed by atoms with Crippen LogP contribution in [0.1, 0.15) is 62.4 Å². The molecule has 1 fully saturated rings. The van der Waals surface area contributed by atoms with Crippen LogP contribution in [0.3, 0.4) is 0 Å². The van der Waals surface area contributed by atoms with Gasteiger partial charge in [0.2, 0.25) is 5.88 Å². The Morgan fingerprint density at radius 2 is 1.85 bits per heavy atom. The fraction of sp³-hybridized carbons (Fsp3) is 0.520. The molecule has 174 valence electrons. The van der Waals surface area contributed by atoms with Gasteiger partial charge in [0, 0.05) is 12.1 Å². The summed E-state index contributed by atoms with van der Waals surface area (Å²) in [6, 6.07) is 9.50. The van der Waals surface area contributed by atoms with E-state index in [9.17, 15) is 0 Å². The quantitative estimate of drug-likeness (QED) is 0.734. The van der Waals surface area contributed by atoms with Gasteiger partial charge in [0.1, 0.15) is 18.0 Å². The highest BCUT2D eigenvalue weighted by molar-refractivity contribution is 6.09.